The molecule has 3 heteroatoms. The molecule has 0 bridgehead atoms. The Bertz CT molecular complexity index is 482. The molecule has 2 rings (SSSR count). The van der Waals surface area contributed by atoms with E-state index in [9.17, 15) is 4.79 Å². The minimum Gasteiger partial charge on any atom is -0.494 e. The van der Waals surface area contributed by atoms with Crippen molar-refractivity contribution in [1.29, 1.82) is 0 Å². The van der Waals surface area contributed by atoms with Gasteiger partial charge in [0, 0.05) is 11.6 Å². The molecule has 0 aliphatic carbocycles. The Hall–Kier alpha value is -1.86. The molecule has 76 valence electrons. The zero-order valence-corrected chi connectivity index (χ0v) is 8.70. The summed E-state index contributed by atoms with van der Waals surface area (Å²) in [7, 11) is 0. The molecule has 1 aromatic rings. The molecule has 1 aromatic carbocycles. The van der Waals surface area contributed by atoms with Gasteiger partial charge in [-0.05, 0) is 26.0 Å². The molecule has 0 saturated heterocycles. The number of carbonyl (C=O) groups excluding carboxylic acids is 1. The van der Waals surface area contributed by atoms with Crippen molar-refractivity contribution >= 4 is 22.9 Å². The van der Waals surface area contributed by atoms with Gasteiger partial charge in [-0.2, -0.15) is 0 Å². The van der Waals surface area contributed by atoms with Crippen LogP contribution in [0.25, 0.3) is 5.57 Å². The summed E-state index contributed by atoms with van der Waals surface area (Å²) >= 11 is 0. The molecule has 0 aromatic heterocycles. The van der Waals surface area contributed by atoms with Crippen LogP contribution in [0.2, 0.25) is 0 Å². The fourth-order valence-corrected chi connectivity index (χ4v) is 1.63. The third-order valence-electron chi connectivity index (χ3n) is 2.30. The van der Waals surface area contributed by atoms with E-state index in [1.807, 2.05) is 31.1 Å². The minimum atomic E-state index is 0.549. The molecule has 3 nitrogen and oxygen atoms in total. The Balaban J connectivity index is 2.49. The smallest absolute Gasteiger partial charge is 0.135 e. The number of allylic oxidation sites excluding steroid dienone is 1. The van der Waals surface area contributed by atoms with E-state index in [1.54, 1.807) is 6.92 Å². The second kappa shape index (κ2) is 3.71. The van der Waals surface area contributed by atoms with E-state index in [1.165, 1.54) is 0 Å². The first kappa shape index (κ1) is 9.69. The maximum Gasteiger partial charge on any atom is 0.135 e. The van der Waals surface area contributed by atoms with Crippen LogP contribution in [0.4, 0.5) is 5.69 Å². The molecule has 1 aliphatic heterocycles. The largest absolute Gasteiger partial charge is 0.494 e. The minimum absolute atomic E-state index is 0.549. The number of fused-ring (bicyclic) bond motifs is 1. The summed E-state index contributed by atoms with van der Waals surface area (Å²) in [6.07, 6.45) is 0. The van der Waals surface area contributed by atoms with E-state index < -0.39 is 0 Å². The Kier molecular flexibility index (Phi) is 2.40. The number of rotatable bonds is 2. The predicted molar refractivity (Wildman–Crippen MR) is 59.5 cm³/mol. The van der Waals surface area contributed by atoms with E-state index in [0.717, 1.165) is 17.0 Å². The standard InChI is InChI=1S/C12H11NO2/c1-3-15-9-4-5-10-11(7-14)8(2)13-12(10)6-9/h4-6H,3H2,1-2H3. The molecule has 0 saturated carbocycles. The Labute approximate surface area is 88.1 Å². The van der Waals surface area contributed by atoms with Crippen LogP contribution in [0.3, 0.4) is 0 Å². The highest BCUT2D eigenvalue weighted by molar-refractivity contribution is 6.34. The summed E-state index contributed by atoms with van der Waals surface area (Å²) in [4.78, 5) is 15.0. The van der Waals surface area contributed by atoms with Gasteiger partial charge in [-0.25, -0.2) is 4.79 Å². The SMILES string of the molecule is CCOc1ccc2c(c1)N=C(C)C2=C=O. The first-order chi connectivity index (χ1) is 7.26. The number of hydrogen-bond acceptors (Lipinski definition) is 3. The number of nitrogens with zero attached hydrogens (tertiary/aromatic N) is 1. The van der Waals surface area contributed by atoms with Crippen molar-refractivity contribution in [2.75, 3.05) is 6.61 Å². The van der Waals surface area contributed by atoms with Gasteiger partial charge < -0.3 is 4.74 Å². The number of benzene rings is 1. The lowest BCUT2D eigenvalue weighted by Gasteiger charge is -2.03. The summed E-state index contributed by atoms with van der Waals surface area (Å²) in [6, 6.07) is 5.53. The zero-order chi connectivity index (χ0) is 10.8. The monoisotopic (exact) mass is 201 g/mol. The zero-order valence-electron chi connectivity index (χ0n) is 8.70. The van der Waals surface area contributed by atoms with E-state index >= 15 is 0 Å². The predicted octanol–water partition coefficient (Wildman–Crippen LogP) is 2.41. The molecule has 0 N–H and O–H groups in total. The van der Waals surface area contributed by atoms with Crippen LogP contribution < -0.4 is 4.74 Å². The Morgan fingerprint density at radius 3 is 2.93 bits per heavy atom. The van der Waals surface area contributed by atoms with Crippen LogP contribution in [-0.4, -0.2) is 18.3 Å². The summed E-state index contributed by atoms with van der Waals surface area (Å²) in [6.45, 7) is 4.36. The highest BCUT2D eigenvalue weighted by Gasteiger charge is 2.18. The molecule has 0 spiro atoms. The van der Waals surface area contributed by atoms with Gasteiger partial charge in [-0.15, -0.1) is 0 Å². The molecule has 0 amide bonds. The third kappa shape index (κ3) is 1.58. The summed E-state index contributed by atoms with van der Waals surface area (Å²) in [5, 5.41) is 0. The van der Waals surface area contributed by atoms with Crippen molar-refractivity contribution in [1.82, 2.24) is 0 Å². The number of ether oxygens (including phenoxy) is 1. The molecule has 15 heavy (non-hydrogen) atoms. The normalized spacial score (nSPS) is 13.2. The fourth-order valence-electron chi connectivity index (χ4n) is 1.63. The van der Waals surface area contributed by atoms with Crippen LogP contribution >= 0.6 is 0 Å². The van der Waals surface area contributed by atoms with Crippen LogP contribution in [0.5, 0.6) is 5.75 Å². The first-order valence-corrected chi connectivity index (χ1v) is 4.84. The molecule has 0 radical (unpaired) electrons. The van der Waals surface area contributed by atoms with Gasteiger partial charge >= 0.3 is 0 Å². The van der Waals surface area contributed by atoms with Gasteiger partial charge in [-0.1, -0.05) is 0 Å². The molecular weight excluding hydrogens is 190 g/mol. The second-order valence-corrected chi connectivity index (χ2v) is 3.29. The van der Waals surface area contributed by atoms with Gasteiger partial charge in [-0.3, -0.25) is 4.99 Å². The summed E-state index contributed by atoms with van der Waals surface area (Å²) < 4.78 is 5.36. The van der Waals surface area contributed by atoms with Crippen molar-refractivity contribution in [3.63, 3.8) is 0 Å². The van der Waals surface area contributed by atoms with Gasteiger partial charge in [0.05, 0.1) is 23.6 Å². The van der Waals surface area contributed by atoms with Gasteiger partial charge in [0.1, 0.15) is 11.7 Å². The van der Waals surface area contributed by atoms with Crippen molar-refractivity contribution in [2.45, 2.75) is 13.8 Å². The lowest BCUT2D eigenvalue weighted by Crippen LogP contribution is -1.92. The first-order valence-electron chi connectivity index (χ1n) is 4.84. The van der Waals surface area contributed by atoms with Crippen molar-refractivity contribution in [3.8, 4) is 5.75 Å². The average Bonchev–Trinajstić information content (AvgIpc) is 2.53. The molecule has 1 heterocycles. The lowest BCUT2D eigenvalue weighted by atomic mass is 10.1. The van der Waals surface area contributed by atoms with E-state index in [-0.39, 0.29) is 0 Å². The van der Waals surface area contributed by atoms with Crippen LogP contribution in [0.15, 0.2) is 23.2 Å². The highest BCUT2D eigenvalue weighted by atomic mass is 16.5. The Morgan fingerprint density at radius 2 is 2.27 bits per heavy atom. The highest BCUT2D eigenvalue weighted by Crippen LogP contribution is 2.35. The van der Waals surface area contributed by atoms with Crippen molar-refractivity contribution < 1.29 is 9.53 Å². The van der Waals surface area contributed by atoms with Gasteiger partial charge in [0.25, 0.3) is 0 Å². The van der Waals surface area contributed by atoms with Crippen LogP contribution in [0.1, 0.15) is 19.4 Å². The maximum absolute atomic E-state index is 10.7. The van der Waals surface area contributed by atoms with Crippen molar-refractivity contribution in [3.05, 3.63) is 23.8 Å². The van der Waals surface area contributed by atoms with E-state index in [2.05, 4.69) is 4.99 Å². The topological polar surface area (TPSA) is 38.7 Å². The Morgan fingerprint density at radius 1 is 1.47 bits per heavy atom. The lowest BCUT2D eigenvalue weighted by molar-refractivity contribution is 0.340. The molecule has 0 fully saturated rings. The van der Waals surface area contributed by atoms with Crippen LogP contribution in [-0.2, 0) is 4.79 Å². The quantitative estimate of drug-likeness (QED) is 0.689. The van der Waals surface area contributed by atoms with Gasteiger partial charge in [0.15, 0.2) is 0 Å². The van der Waals surface area contributed by atoms with Crippen LogP contribution in [0, 0.1) is 0 Å². The average molecular weight is 201 g/mol. The molecule has 0 atom stereocenters. The maximum atomic E-state index is 10.7. The second-order valence-electron chi connectivity index (χ2n) is 3.29. The summed E-state index contributed by atoms with van der Waals surface area (Å²) in [5.74, 6) is 2.69. The summed E-state index contributed by atoms with van der Waals surface area (Å²) in [5.41, 5.74) is 2.89. The molecule has 0 unspecified atom stereocenters. The van der Waals surface area contributed by atoms with E-state index in [4.69, 9.17) is 4.74 Å². The molecule has 1 aliphatic rings. The van der Waals surface area contributed by atoms with Gasteiger partial charge in [0.2, 0.25) is 0 Å². The third-order valence-corrected chi connectivity index (χ3v) is 2.30. The number of hydrogen-bond donors (Lipinski definition) is 0. The van der Waals surface area contributed by atoms with E-state index in [0.29, 0.717) is 17.9 Å². The molecular formula is C12H11NO2. The number of aliphatic imine (C=N–C) groups is 1. The fraction of sp³-hybridized carbons (Fsp3) is 0.250. The van der Waals surface area contributed by atoms with Crippen molar-refractivity contribution in [2.24, 2.45) is 4.99 Å².